The van der Waals surface area contributed by atoms with Gasteiger partial charge >= 0.3 is 0 Å². The fourth-order valence-electron chi connectivity index (χ4n) is 5.83. The fourth-order valence-corrected chi connectivity index (χ4v) is 6.62. The normalized spacial score (nSPS) is 30.9. The molecule has 0 aliphatic heterocycles. The number of carbonyl (C=O) groups is 2. The van der Waals surface area contributed by atoms with E-state index in [2.05, 4.69) is 22.8 Å². The predicted molar refractivity (Wildman–Crippen MR) is 108 cm³/mol. The smallest absolute Gasteiger partial charge is 0.226 e. The van der Waals surface area contributed by atoms with Gasteiger partial charge in [-0.05, 0) is 68.4 Å². The highest BCUT2D eigenvalue weighted by molar-refractivity contribution is 7.99. The molecular formula is C22H30N2O2S. The van der Waals surface area contributed by atoms with Crippen LogP contribution in [0.15, 0.2) is 35.2 Å². The highest BCUT2D eigenvalue weighted by atomic mass is 32.2. The van der Waals surface area contributed by atoms with Crippen LogP contribution in [0.2, 0.25) is 0 Å². The molecule has 5 heteroatoms. The molecule has 4 fully saturated rings. The van der Waals surface area contributed by atoms with E-state index in [0.29, 0.717) is 19.5 Å². The summed E-state index contributed by atoms with van der Waals surface area (Å²) in [7, 11) is 0. The number of thioether (sulfide) groups is 1. The summed E-state index contributed by atoms with van der Waals surface area (Å²) in [6.45, 7) is 1.11. The first kappa shape index (κ1) is 18.9. The molecule has 0 atom stereocenters. The molecule has 0 spiro atoms. The number of carbonyl (C=O) groups excluding carboxylic acids is 2. The average Bonchev–Trinajstić information content (AvgIpc) is 2.65. The van der Waals surface area contributed by atoms with Crippen molar-refractivity contribution in [2.24, 2.45) is 23.2 Å². The molecule has 0 unspecified atom stereocenters. The second-order valence-electron chi connectivity index (χ2n) is 8.72. The number of hydrogen-bond donors (Lipinski definition) is 2. The standard InChI is InChI=1S/C22H30N2O2S/c25-20(23-8-9-27-19-4-2-1-3-5-19)6-7-24-21(26)22-13-16-10-17(14-22)12-18(11-16)15-22/h1-5,16-18H,6-15H2,(H,23,25)(H,24,26). The molecule has 2 N–H and O–H groups in total. The minimum Gasteiger partial charge on any atom is -0.355 e. The summed E-state index contributed by atoms with van der Waals surface area (Å²) >= 11 is 1.74. The van der Waals surface area contributed by atoms with Crippen LogP contribution in [0.4, 0.5) is 0 Å². The second kappa shape index (κ2) is 8.26. The van der Waals surface area contributed by atoms with Gasteiger partial charge in [0, 0.05) is 35.6 Å². The zero-order chi connectivity index (χ0) is 18.7. The van der Waals surface area contributed by atoms with Crippen molar-refractivity contribution in [2.75, 3.05) is 18.8 Å². The molecule has 4 aliphatic rings. The predicted octanol–water partition coefficient (Wildman–Crippen LogP) is 3.62. The van der Waals surface area contributed by atoms with Gasteiger partial charge in [0.15, 0.2) is 0 Å². The van der Waals surface area contributed by atoms with Crippen LogP contribution in [0.5, 0.6) is 0 Å². The Morgan fingerprint density at radius 1 is 0.926 bits per heavy atom. The lowest BCUT2D eigenvalue weighted by atomic mass is 9.49. The summed E-state index contributed by atoms with van der Waals surface area (Å²) < 4.78 is 0. The Balaban J connectivity index is 1.13. The molecular weight excluding hydrogens is 356 g/mol. The highest BCUT2D eigenvalue weighted by Crippen LogP contribution is 2.60. The van der Waals surface area contributed by atoms with Crippen molar-refractivity contribution in [2.45, 2.75) is 49.8 Å². The molecule has 2 amide bonds. The third-order valence-corrected chi connectivity index (χ3v) is 7.61. The summed E-state index contributed by atoms with van der Waals surface area (Å²) in [5.41, 5.74) is -0.114. The van der Waals surface area contributed by atoms with Crippen molar-refractivity contribution in [1.82, 2.24) is 10.6 Å². The molecule has 1 aromatic rings. The number of hydrogen-bond acceptors (Lipinski definition) is 3. The van der Waals surface area contributed by atoms with E-state index in [1.54, 1.807) is 11.8 Å². The molecule has 4 nitrogen and oxygen atoms in total. The summed E-state index contributed by atoms with van der Waals surface area (Å²) in [6, 6.07) is 10.2. The van der Waals surface area contributed by atoms with Crippen LogP contribution < -0.4 is 10.6 Å². The summed E-state index contributed by atoms with van der Waals surface area (Å²) in [6.07, 6.45) is 7.63. The molecule has 4 saturated carbocycles. The van der Waals surface area contributed by atoms with E-state index in [0.717, 1.165) is 42.8 Å². The van der Waals surface area contributed by atoms with Gasteiger partial charge in [0.2, 0.25) is 11.8 Å². The Bertz CT molecular complexity index is 641. The van der Waals surface area contributed by atoms with Crippen LogP contribution in [-0.2, 0) is 9.59 Å². The Kier molecular flexibility index (Phi) is 5.76. The Labute approximate surface area is 166 Å². The number of amides is 2. The van der Waals surface area contributed by atoms with Crippen molar-refractivity contribution in [3.05, 3.63) is 30.3 Å². The molecule has 0 aromatic heterocycles. The second-order valence-corrected chi connectivity index (χ2v) is 9.88. The van der Waals surface area contributed by atoms with Crippen molar-refractivity contribution in [3.8, 4) is 0 Å². The summed E-state index contributed by atoms with van der Waals surface area (Å²) in [4.78, 5) is 26.1. The largest absolute Gasteiger partial charge is 0.355 e. The van der Waals surface area contributed by atoms with E-state index in [9.17, 15) is 9.59 Å². The van der Waals surface area contributed by atoms with Gasteiger partial charge in [0.25, 0.3) is 0 Å². The Morgan fingerprint density at radius 3 is 2.19 bits per heavy atom. The minimum atomic E-state index is -0.114. The molecule has 27 heavy (non-hydrogen) atoms. The highest BCUT2D eigenvalue weighted by Gasteiger charge is 2.54. The monoisotopic (exact) mass is 386 g/mol. The van der Waals surface area contributed by atoms with Crippen LogP contribution in [0.25, 0.3) is 0 Å². The molecule has 0 heterocycles. The lowest BCUT2D eigenvalue weighted by Crippen LogP contribution is -2.53. The lowest BCUT2D eigenvalue weighted by Gasteiger charge is -2.55. The van der Waals surface area contributed by atoms with Crippen LogP contribution in [-0.4, -0.2) is 30.7 Å². The zero-order valence-corrected chi connectivity index (χ0v) is 16.7. The zero-order valence-electron chi connectivity index (χ0n) is 15.9. The van der Waals surface area contributed by atoms with Crippen molar-refractivity contribution >= 4 is 23.6 Å². The van der Waals surface area contributed by atoms with Gasteiger partial charge in [-0.25, -0.2) is 0 Å². The Hall–Kier alpha value is -1.49. The first-order valence-corrected chi connectivity index (χ1v) is 11.3. The van der Waals surface area contributed by atoms with Crippen molar-refractivity contribution in [1.29, 1.82) is 0 Å². The molecule has 4 bridgehead atoms. The molecule has 1 aromatic carbocycles. The molecule has 146 valence electrons. The SMILES string of the molecule is O=C(CCNC(=O)C12CC3CC(CC(C3)C1)C2)NCCSc1ccccc1. The van der Waals surface area contributed by atoms with Gasteiger partial charge in [-0.3, -0.25) is 9.59 Å². The van der Waals surface area contributed by atoms with Crippen LogP contribution in [0.3, 0.4) is 0 Å². The van der Waals surface area contributed by atoms with Gasteiger partial charge in [0.05, 0.1) is 0 Å². The first-order chi connectivity index (χ1) is 13.1. The maximum atomic E-state index is 12.8. The topological polar surface area (TPSA) is 58.2 Å². The lowest BCUT2D eigenvalue weighted by molar-refractivity contribution is -0.146. The molecule has 0 saturated heterocycles. The van der Waals surface area contributed by atoms with E-state index in [-0.39, 0.29) is 17.2 Å². The third-order valence-electron chi connectivity index (χ3n) is 6.59. The summed E-state index contributed by atoms with van der Waals surface area (Å²) in [5.74, 6) is 3.41. The van der Waals surface area contributed by atoms with Gasteiger partial charge in [0.1, 0.15) is 0 Å². The van der Waals surface area contributed by atoms with Gasteiger partial charge in [-0.2, -0.15) is 0 Å². The average molecular weight is 387 g/mol. The Morgan fingerprint density at radius 2 is 1.56 bits per heavy atom. The van der Waals surface area contributed by atoms with Crippen molar-refractivity contribution in [3.63, 3.8) is 0 Å². The minimum absolute atomic E-state index is 0.0227. The summed E-state index contributed by atoms with van der Waals surface area (Å²) in [5, 5.41) is 6.03. The number of rotatable bonds is 8. The van der Waals surface area contributed by atoms with E-state index >= 15 is 0 Å². The van der Waals surface area contributed by atoms with E-state index < -0.39 is 0 Å². The van der Waals surface area contributed by atoms with Gasteiger partial charge in [-0.1, -0.05) is 18.2 Å². The third kappa shape index (κ3) is 4.50. The van der Waals surface area contributed by atoms with Crippen LogP contribution in [0.1, 0.15) is 44.9 Å². The van der Waals surface area contributed by atoms with Crippen LogP contribution in [0, 0.1) is 23.2 Å². The van der Waals surface area contributed by atoms with Crippen molar-refractivity contribution < 1.29 is 9.59 Å². The van der Waals surface area contributed by atoms with Gasteiger partial charge in [-0.15, -0.1) is 11.8 Å². The number of nitrogens with one attached hydrogen (secondary N) is 2. The maximum absolute atomic E-state index is 12.8. The van der Waals surface area contributed by atoms with E-state index in [1.807, 2.05) is 18.2 Å². The van der Waals surface area contributed by atoms with Gasteiger partial charge < -0.3 is 10.6 Å². The molecule has 5 rings (SSSR count). The molecule has 0 radical (unpaired) electrons. The molecule has 4 aliphatic carbocycles. The quantitative estimate of drug-likeness (QED) is 0.530. The number of benzene rings is 1. The van der Waals surface area contributed by atoms with Crippen LogP contribution >= 0.6 is 11.8 Å². The van der Waals surface area contributed by atoms with E-state index in [1.165, 1.54) is 24.2 Å². The fraction of sp³-hybridized carbons (Fsp3) is 0.636. The van der Waals surface area contributed by atoms with E-state index in [4.69, 9.17) is 0 Å². The maximum Gasteiger partial charge on any atom is 0.226 e. The first-order valence-electron chi connectivity index (χ1n) is 10.4.